The number of ether oxygens (including phenoxy) is 5. The predicted octanol–water partition coefficient (Wildman–Crippen LogP) is 9.57. The van der Waals surface area contributed by atoms with E-state index in [4.69, 9.17) is 29.4 Å². The Kier molecular flexibility index (Phi) is 28.0. The number of nitrogens with one attached hydrogen (secondary N) is 5. The van der Waals surface area contributed by atoms with Crippen molar-refractivity contribution in [2.75, 3.05) is 26.2 Å². The average molecular weight is 1160 g/mol. The normalized spacial score (nSPS) is 13.5. The van der Waals surface area contributed by atoms with Gasteiger partial charge in [0.15, 0.2) is 0 Å². The molecule has 0 radical (unpaired) electrons. The second kappa shape index (κ2) is 32.9. The smallest absolute Gasteiger partial charge is 0.417 e. The van der Waals surface area contributed by atoms with E-state index in [1.165, 1.54) is 12.1 Å². The van der Waals surface area contributed by atoms with Gasteiger partial charge in [0.2, 0.25) is 17.8 Å². The molecule has 3 aromatic rings. The summed E-state index contributed by atoms with van der Waals surface area (Å²) < 4.78 is 28.9. The minimum atomic E-state index is -1.43. The standard InChI is InChI=1S/C63H98N8O12/c1-59(2,3)79-42-46(39-43-25-19-18-20-26-43)67-53(74)51(27-21-22-36-64)71(58(78)83-63(13,14)15)54(75)50(41-44-28-32-47(72)33-29-44)68-52(73)49(40-45-30-34-48(35-31-45)80-60(4,5)6)65-37-23-16-17-24-38-66-55(69-56(76)81-61(7,8)9)70-57(77)82-62(10,11)12/h18-20,25-26,28-35,46,49-51,65,72H,16-17,21-24,27,36-42,64H2,1-15H3,(H,67,74)(H,68,73)(H2,66,69,70,76,77)/t46-,49-,50-,51-/m0/s1. The van der Waals surface area contributed by atoms with E-state index in [9.17, 15) is 24.3 Å². The number of nitrogens with two attached hydrogens (primary N) is 1. The van der Waals surface area contributed by atoms with E-state index >= 15 is 9.59 Å². The molecule has 0 aromatic heterocycles. The summed E-state index contributed by atoms with van der Waals surface area (Å²) in [5, 5.41) is 24.8. The average Bonchev–Trinajstić information content (AvgIpc) is 3.54. The zero-order valence-electron chi connectivity index (χ0n) is 52.1. The van der Waals surface area contributed by atoms with Crippen molar-refractivity contribution in [3.05, 3.63) is 95.6 Å². The number of amides is 6. The van der Waals surface area contributed by atoms with Crippen molar-refractivity contribution >= 4 is 42.0 Å². The number of imide groups is 1. The second-order valence-electron chi connectivity index (χ2n) is 25.7. The van der Waals surface area contributed by atoms with Crippen LogP contribution in [0.2, 0.25) is 0 Å². The van der Waals surface area contributed by atoms with Gasteiger partial charge < -0.3 is 50.5 Å². The Morgan fingerprint density at radius 1 is 0.566 bits per heavy atom. The topological polar surface area (TPSA) is 271 Å². The lowest BCUT2D eigenvalue weighted by molar-refractivity contribution is -0.143. The summed E-state index contributed by atoms with van der Waals surface area (Å²) in [6.07, 6.45) is 1.29. The van der Waals surface area contributed by atoms with E-state index < -0.39 is 88.2 Å². The molecule has 0 heterocycles. The van der Waals surface area contributed by atoms with E-state index in [1.807, 2.05) is 96.1 Å². The molecule has 3 aromatic carbocycles. The number of hydrogen-bond acceptors (Lipinski definition) is 15. The maximum Gasteiger partial charge on any atom is 0.417 e. The first-order valence-corrected chi connectivity index (χ1v) is 29.0. The number of phenols is 1. The van der Waals surface area contributed by atoms with Gasteiger partial charge in [0.25, 0.3) is 5.91 Å². The van der Waals surface area contributed by atoms with Gasteiger partial charge in [0.05, 0.1) is 24.3 Å². The van der Waals surface area contributed by atoms with Crippen LogP contribution < -0.4 is 37.1 Å². The second-order valence-corrected chi connectivity index (χ2v) is 25.7. The van der Waals surface area contributed by atoms with Crippen molar-refractivity contribution in [3.8, 4) is 11.5 Å². The van der Waals surface area contributed by atoms with Crippen LogP contribution in [-0.2, 0) is 52.6 Å². The van der Waals surface area contributed by atoms with Crippen molar-refractivity contribution in [1.29, 1.82) is 0 Å². The van der Waals surface area contributed by atoms with E-state index in [0.29, 0.717) is 69.3 Å². The van der Waals surface area contributed by atoms with Crippen LogP contribution in [0.4, 0.5) is 14.4 Å². The van der Waals surface area contributed by atoms with Gasteiger partial charge in [-0.3, -0.25) is 30.0 Å². The number of carbonyl (C=O) groups excluding carboxylic acids is 6. The molecule has 3 rings (SSSR count). The van der Waals surface area contributed by atoms with E-state index in [-0.39, 0.29) is 44.1 Å². The number of benzene rings is 3. The minimum Gasteiger partial charge on any atom is -0.508 e. The third kappa shape index (κ3) is 30.4. The van der Waals surface area contributed by atoms with Crippen LogP contribution in [-0.4, -0.2) is 130 Å². The molecular weight excluding hydrogens is 1060 g/mol. The maximum absolute atomic E-state index is 15.6. The van der Waals surface area contributed by atoms with Gasteiger partial charge in [-0.2, -0.15) is 0 Å². The third-order valence-corrected chi connectivity index (χ3v) is 11.8. The monoisotopic (exact) mass is 1160 g/mol. The van der Waals surface area contributed by atoms with Crippen LogP contribution in [0.3, 0.4) is 0 Å². The number of guanidine groups is 1. The Bertz CT molecular complexity index is 2490. The molecule has 0 spiro atoms. The van der Waals surface area contributed by atoms with Crippen molar-refractivity contribution in [2.45, 2.75) is 220 Å². The molecule has 0 aliphatic heterocycles. The highest BCUT2D eigenvalue weighted by molar-refractivity contribution is 6.02. The van der Waals surface area contributed by atoms with Crippen LogP contribution in [0.1, 0.15) is 165 Å². The first-order valence-electron chi connectivity index (χ1n) is 29.0. The number of alkyl carbamates (subject to hydrolysis) is 2. The Morgan fingerprint density at radius 2 is 1.10 bits per heavy atom. The molecular formula is C63H98N8O12. The number of carbonyl (C=O) groups is 6. The lowest BCUT2D eigenvalue weighted by Crippen LogP contribution is -2.61. The molecule has 0 saturated heterocycles. The highest BCUT2D eigenvalue weighted by Gasteiger charge is 2.42. The van der Waals surface area contributed by atoms with Crippen LogP contribution in [0.25, 0.3) is 0 Å². The molecule has 83 heavy (non-hydrogen) atoms. The van der Waals surface area contributed by atoms with Crippen molar-refractivity contribution in [2.24, 2.45) is 10.7 Å². The lowest BCUT2D eigenvalue weighted by atomic mass is 9.99. The first-order chi connectivity index (χ1) is 38.6. The summed E-state index contributed by atoms with van der Waals surface area (Å²) >= 11 is 0. The zero-order chi connectivity index (χ0) is 62.2. The van der Waals surface area contributed by atoms with Gasteiger partial charge in [0.1, 0.15) is 46.0 Å². The highest BCUT2D eigenvalue weighted by Crippen LogP contribution is 2.23. The summed E-state index contributed by atoms with van der Waals surface area (Å²) in [5.41, 5.74) is 4.56. The van der Waals surface area contributed by atoms with E-state index in [0.717, 1.165) is 16.0 Å². The molecule has 0 bridgehead atoms. The van der Waals surface area contributed by atoms with Gasteiger partial charge in [-0.05, 0) is 203 Å². The molecule has 0 saturated carbocycles. The number of aromatic hydroxyl groups is 1. The van der Waals surface area contributed by atoms with Crippen LogP contribution in [0, 0.1) is 0 Å². The number of phenolic OH excluding ortho intramolecular Hbond substituents is 1. The van der Waals surface area contributed by atoms with Crippen LogP contribution in [0.5, 0.6) is 11.5 Å². The zero-order valence-corrected chi connectivity index (χ0v) is 52.1. The van der Waals surface area contributed by atoms with Crippen molar-refractivity contribution in [1.82, 2.24) is 31.5 Å². The molecule has 0 unspecified atom stereocenters. The number of hydrogen-bond donors (Lipinski definition) is 7. The van der Waals surface area contributed by atoms with Gasteiger partial charge in [-0.15, -0.1) is 0 Å². The largest absolute Gasteiger partial charge is 0.508 e. The SMILES string of the molecule is CC(C)(C)OC[C@H](Cc1ccccc1)NC(=O)[C@H](CCCCN)N(C(=O)OC(C)(C)C)C(=O)[C@H](Cc1ccc(O)cc1)NC(=O)[C@H](Cc1ccc(OC(C)(C)C)cc1)NCCCCCCN=C(NC(=O)OC(C)(C)C)NC(=O)OC(C)(C)C. The van der Waals surface area contributed by atoms with Gasteiger partial charge in [-0.1, -0.05) is 67.4 Å². The van der Waals surface area contributed by atoms with Crippen molar-refractivity contribution in [3.63, 3.8) is 0 Å². The molecule has 8 N–H and O–H groups in total. The molecule has 6 amide bonds. The number of rotatable bonds is 27. The molecule has 20 nitrogen and oxygen atoms in total. The van der Waals surface area contributed by atoms with Gasteiger partial charge >= 0.3 is 18.3 Å². The highest BCUT2D eigenvalue weighted by atomic mass is 16.6. The summed E-state index contributed by atoms with van der Waals surface area (Å²) in [5.74, 6) is -1.53. The number of unbranched alkanes of at least 4 members (excludes halogenated alkanes) is 4. The summed E-state index contributed by atoms with van der Waals surface area (Å²) in [7, 11) is 0. The van der Waals surface area contributed by atoms with Crippen molar-refractivity contribution < 1.29 is 57.6 Å². The molecule has 0 aliphatic rings. The molecule has 462 valence electrons. The predicted molar refractivity (Wildman–Crippen MR) is 323 cm³/mol. The van der Waals surface area contributed by atoms with E-state index in [2.05, 4.69) is 31.6 Å². The Balaban J connectivity index is 2.03. The fourth-order valence-corrected chi connectivity index (χ4v) is 8.26. The fourth-order valence-electron chi connectivity index (χ4n) is 8.26. The van der Waals surface area contributed by atoms with Gasteiger partial charge in [0, 0.05) is 13.0 Å². The van der Waals surface area contributed by atoms with E-state index in [1.54, 1.807) is 74.4 Å². The first kappa shape index (κ1) is 70.5. The van der Waals surface area contributed by atoms with Crippen LogP contribution >= 0.6 is 0 Å². The molecule has 0 aliphatic carbocycles. The lowest BCUT2D eigenvalue weighted by Gasteiger charge is -2.35. The Hall–Kier alpha value is -6.77. The quantitative estimate of drug-likeness (QED) is 0.0162. The Morgan fingerprint density at radius 3 is 1.63 bits per heavy atom. The number of nitrogens with zero attached hydrogens (tertiary/aromatic N) is 2. The number of aliphatic imine (C=N–C) groups is 1. The summed E-state index contributed by atoms with van der Waals surface area (Å²) in [6, 6.07) is 18.9. The third-order valence-electron chi connectivity index (χ3n) is 11.8. The molecule has 4 atom stereocenters. The Labute approximate surface area is 493 Å². The fraction of sp³-hybridized carbons (Fsp3) is 0.603. The summed E-state index contributed by atoms with van der Waals surface area (Å²) in [6.45, 7) is 27.9. The summed E-state index contributed by atoms with van der Waals surface area (Å²) in [4.78, 5) is 90.8. The van der Waals surface area contributed by atoms with Crippen LogP contribution in [0.15, 0.2) is 83.9 Å². The minimum absolute atomic E-state index is 0.0146. The molecule has 20 heteroatoms. The van der Waals surface area contributed by atoms with Gasteiger partial charge in [-0.25, -0.2) is 19.3 Å². The molecule has 0 fully saturated rings. The maximum atomic E-state index is 15.6.